The molecule has 8 heteroatoms. The van der Waals surface area contributed by atoms with Gasteiger partial charge in [-0.2, -0.15) is 0 Å². The summed E-state index contributed by atoms with van der Waals surface area (Å²) in [4.78, 5) is 30.0. The van der Waals surface area contributed by atoms with Gasteiger partial charge < -0.3 is 19.5 Å². The Kier molecular flexibility index (Phi) is 5.75. The average molecular weight is 462 g/mol. The maximum atomic E-state index is 13.2. The van der Waals surface area contributed by atoms with Crippen LogP contribution >= 0.6 is 0 Å². The molecule has 174 valence electrons. The summed E-state index contributed by atoms with van der Waals surface area (Å²) in [6.45, 7) is 0.469. The van der Waals surface area contributed by atoms with Crippen LogP contribution in [0, 0.1) is 5.82 Å². The lowest BCUT2D eigenvalue weighted by molar-refractivity contribution is -0.139. The van der Waals surface area contributed by atoms with Crippen molar-refractivity contribution in [3.63, 3.8) is 0 Å². The van der Waals surface area contributed by atoms with Gasteiger partial charge in [0, 0.05) is 11.3 Å². The molecular weight excluding hydrogens is 439 g/mol. The normalized spacial score (nSPS) is 16.3. The minimum Gasteiger partial charge on any atom is -0.489 e. The Labute approximate surface area is 195 Å². The molecule has 1 aliphatic carbocycles. The number of carbonyl (C=O) groups is 2. The van der Waals surface area contributed by atoms with Crippen LogP contribution in [-0.2, 0) is 19.7 Å². The number of esters is 1. The summed E-state index contributed by atoms with van der Waals surface area (Å²) in [6.07, 6.45) is 3.78. The molecule has 3 aromatic rings. The minimum atomic E-state index is -0.854. The van der Waals surface area contributed by atoms with Gasteiger partial charge in [-0.25, -0.2) is 9.18 Å². The lowest BCUT2D eigenvalue weighted by Crippen LogP contribution is -2.55. The van der Waals surface area contributed by atoms with Gasteiger partial charge in [-0.3, -0.25) is 9.78 Å². The maximum absolute atomic E-state index is 13.2. The molecule has 5 rings (SSSR count). The van der Waals surface area contributed by atoms with Crippen molar-refractivity contribution in [2.45, 2.75) is 24.4 Å². The molecule has 0 bridgehead atoms. The fourth-order valence-electron chi connectivity index (χ4n) is 3.85. The van der Waals surface area contributed by atoms with E-state index < -0.39 is 11.4 Å². The van der Waals surface area contributed by atoms with Crippen molar-refractivity contribution in [1.29, 1.82) is 0 Å². The van der Waals surface area contributed by atoms with Crippen molar-refractivity contribution in [1.82, 2.24) is 4.98 Å². The Hall–Kier alpha value is -3.78. The number of hydrogen-bond acceptors (Lipinski definition) is 6. The molecule has 34 heavy (non-hydrogen) atoms. The fraction of sp³-hybridized carbons (Fsp3) is 0.269. The van der Waals surface area contributed by atoms with Crippen LogP contribution in [0.2, 0.25) is 0 Å². The van der Waals surface area contributed by atoms with Gasteiger partial charge in [0.25, 0.3) is 0 Å². The number of halogens is 1. The van der Waals surface area contributed by atoms with Gasteiger partial charge in [0.15, 0.2) is 0 Å². The highest BCUT2D eigenvalue weighted by Crippen LogP contribution is 2.36. The second-order valence-electron chi connectivity index (χ2n) is 8.49. The zero-order valence-electron chi connectivity index (χ0n) is 18.5. The number of benzene rings is 2. The van der Waals surface area contributed by atoms with Gasteiger partial charge in [-0.1, -0.05) is 24.3 Å². The standard InChI is InChI=1S/C26H23FN2O5/c1-32-24(30)22-12-21(34-20-10-11-20)13-28-23(22)16-2-4-17(5-3-16)26(14-33-15-26)25(31)29-19-8-6-18(27)7-9-19/h2-9,12-13,20H,10-11,14-15H2,1H3,(H,29,31). The number of hydrogen-bond donors (Lipinski definition) is 1. The van der Waals surface area contributed by atoms with E-state index in [1.807, 2.05) is 24.3 Å². The van der Waals surface area contributed by atoms with Gasteiger partial charge in [0.05, 0.1) is 43.9 Å². The van der Waals surface area contributed by atoms with Crippen molar-refractivity contribution >= 4 is 17.6 Å². The lowest BCUT2D eigenvalue weighted by Gasteiger charge is -2.40. The summed E-state index contributed by atoms with van der Waals surface area (Å²) in [5.41, 5.74) is 1.91. The summed E-state index contributed by atoms with van der Waals surface area (Å²) in [5, 5.41) is 2.84. The van der Waals surface area contributed by atoms with Crippen LogP contribution in [0.1, 0.15) is 28.8 Å². The van der Waals surface area contributed by atoms with Gasteiger partial charge in [0.2, 0.25) is 5.91 Å². The quantitative estimate of drug-likeness (QED) is 0.532. The first-order valence-electron chi connectivity index (χ1n) is 11.0. The van der Waals surface area contributed by atoms with E-state index >= 15 is 0 Å². The number of nitrogens with one attached hydrogen (secondary N) is 1. The monoisotopic (exact) mass is 462 g/mol. The lowest BCUT2D eigenvalue weighted by atomic mass is 9.77. The van der Waals surface area contributed by atoms with Crippen LogP contribution in [0.25, 0.3) is 11.3 Å². The highest BCUT2D eigenvalue weighted by atomic mass is 19.1. The molecule has 1 aliphatic heterocycles. The SMILES string of the molecule is COC(=O)c1cc(OC2CC2)cnc1-c1ccc(C2(C(=O)Nc3ccc(F)cc3)COC2)cc1. The second-order valence-corrected chi connectivity index (χ2v) is 8.49. The fourth-order valence-corrected chi connectivity index (χ4v) is 3.85. The molecule has 0 atom stereocenters. The molecule has 1 saturated carbocycles. The van der Waals surface area contributed by atoms with Gasteiger partial charge in [-0.05, 0) is 48.7 Å². The number of anilines is 1. The molecule has 0 spiro atoms. The molecule has 2 heterocycles. The number of aromatic nitrogens is 1. The third kappa shape index (κ3) is 4.24. The van der Waals surface area contributed by atoms with Crippen molar-refractivity contribution in [2.75, 3.05) is 25.6 Å². The van der Waals surface area contributed by atoms with E-state index in [-0.39, 0.29) is 31.0 Å². The van der Waals surface area contributed by atoms with Crippen LogP contribution < -0.4 is 10.1 Å². The zero-order chi connectivity index (χ0) is 23.7. The van der Waals surface area contributed by atoms with E-state index in [9.17, 15) is 14.0 Å². The van der Waals surface area contributed by atoms with Crippen molar-refractivity contribution < 1.29 is 28.2 Å². The molecule has 1 N–H and O–H groups in total. The van der Waals surface area contributed by atoms with E-state index in [0.29, 0.717) is 28.3 Å². The van der Waals surface area contributed by atoms with Gasteiger partial charge in [-0.15, -0.1) is 0 Å². The smallest absolute Gasteiger partial charge is 0.340 e. The Morgan fingerprint density at radius 2 is 1.79 bits per heavy atom. The molecule has 2 fully saturated rings. The van der Waals surface area contributed by atoms with E-state index in [1.165, 1.54) is 31.4 Å². The Morgan fingerprint density at radius 3 is 2.38 bits per heavy atom. The molecule has 2 aromatic carbocycles. The van der Waals surface area contributed by atoms with Crippen LogP contribution in [0.3, 0.4) is 0 Å². The van der Waals surface area contributed by atoms with Crippen LogP contribution in [0.4, 0.5) is 10.1 Å². The van der Waals surface area contributed by atoms with E-state index in [1.54, 1.807) is 12.3 Å². The molecule has 1 saturated heterocycles. The topological polar surface area (TPSA) is 86.8 Å². The van der Waals surface area contributed by atoms with Crippen LogP contribution in [-0.4, -0.2) is 43.3 Å². The molecule has 2 aliphatic rings. The predicted octanol–water partition coefficient (Wildman–Crippen LogP) is 4.12. The highest BCUT2D eigenvalue weighted by Gasteiger charge is 2.47. The largest absolute Gasteiger partial charge is 0.489 e. The number of carbonyl (C=O) groups excluding carboxylic acids is 2. The van der Waals surface area contributed by atoms with E-state index in [0.717, 1.165) is 18.4 Å². The summed E-state index contributed by atoms with van der Waals surface area (Å²) in [5.74, 6) is -0.572. The summed E-state index contributed by atoms with van der Waals surface area (Å²) in [6, 6.07) is 14.6. The zero-order valence-corrected chi connectivity index (χ0v) is 18.5. The van der Waals surface area contributed by atoms with Crippen LogP contribution in [0.15, 0.2) is 60.8 Å². The Morgan fingerprint density at radius 1 is 1.09 bits per heavy atom. The Bertz CT molecular complexity index is 1220. The van der Waals surface area contributed by atoms with E-state index in [4.69, 9.17) is 14.2 Å². The first-order valence-corrected chi connectivity index (χ1v) is 11.0. The van der Waals surface area contributed by atoms with E-state index in [2.05, 4.69) is 10.3 Å². The third-order valence-corrected chi connectivity index (χ3v) is 6.04. The molecule has 0 radical (unpaired) electrons. The maximum Gasteiger partial charge on any atom is 0.340 e. The first-order chi connectivity index (χ1) is 16.5. The summed E-state index contributed by atoms with van der Waals surface area (Å²) in [7, 11) is 1.32. The number of methoxy groups -OCH3 is 1. The van der Waals surface area contributed by atoms with Crippen molar-refractivity contribution in [2.24, 2.45) is 0 Å². The van der Waals surface area contributed by atoms with Gasteiger partial charge >= 0.3 is 5.97 Å². The molecule has 1 amide bonds. The Balaban J connectivity index is 1.40. The highest BCUT2D eigenvalue weighted by molar-refractivity contribution is 6.00. The number of amides is 1. The summed E-state index contributed by atoms with van der Waals surface area (Å²) >= 11 is 0. The van der Waals surface area contributed by atoms with Gasteiger partial charge in [0.1, 0.15) is 17.0 Å². The number of nitrogens with zero attached hydrogens (tertiary/aromatic N) is 1. The average Bonchev–Trinajstić information content (AvgIpc) is 3.64. The third-order valence-electron chi connectivity index (χ3n) is 6.04. The second kappa shape index (κ2) is 8.87. The molecule has 7 nitrogen and oxygen atoms in total. The van der Waals surface area contributed by atoms with Crippen molar-refractivity contribution in [3.05, 3.63) is 77.7 Å². The minimum absolute atomic E-state index is 0.180. The predicted molar refractivity (Wildman–Crippen MR) is 122 cm³/mol. The van der Waals surface area contributed by atoms with Crippen molar-refractivity contribution in [3.8, 4) is 17.0 Å². The first kappa shape index (κ1) is 22.0. The molecular formula is C26H23FN2O5. The summed E-state index contributed by atoms with van der Waals surface area (Å²) < 4.78 is 29.3. The molecule has 0 unspecified atom stereocenters. The molecule has 1 aromatic heterocycles. The number of pyridine rings is 1. The van der Waals surface area contributed by atoms with Crippen LogP contribution in [0.5, 0.6) is 5.75 Å². The number of rotatable bonds is 7. The number of ether oxygens (including phenoxy) is 3.